The van der Waals surface area contributed by atoms with Gasteiger partial charge in [-0.05, 0) is 53.9 Å². The molecular weight excluding hydrogens is 401 g/mol. The summed E-state index contributed by atoms with van der Waals surface area (Å²) in [5.41, 5.74) is 1.51. The van der Waals surface area contributed by atoms with Gasteiger partial charge in [0.25, 0.3) is 5.91 Å². The molecule has 0 atom stereocenters. The number of halogens is 3. The molecular formula is C18H12Cl3NO2S. The Morgan fingerprint density at radius 1 is 1.00 bits per heavy atom. The molecule has 2 aromatic carbocycles. The first-order chi connectivity index (χ1) is 12.0. The SMILES string of the molecule is O=C(Nc1ccc(Cl)c(Cl)c1)c1cc(COc2ccc(Cl)cc2)cs1. The number of hydrogen-bond acceptors (Lipinski definition) is 3. The van der Waals surface area contributed by atoms with Crippen LogP contribution in [0.2, 0.25) is 15.1 Å². The summed E-state index contributed by atoms with van der Waals surface area (Å²) < 4.78 is 5.67. The van der Waals surface area contributed by atoms with Gasteiger partial charge in [0.1, 0.15) is 12.4 Å². The second-order valence-electron chi connectivity index (χ2n) is 5.14. The molecule has 0 fully saturated rings. The Kier molecular flexibility index (Phi) is 5.86. The third-order valence-corrected chi connectivity index (χ3v) is 5.24. The summed E-state index contributed by atoms with van der Waals surface area (Å²) in [6.45, 7) is 0.373. The van der Waals surface area contributed by atoms with E-state index in [1.807, 2.05) is 5.38 Å². The first-order valence-corrected chi connectivity index (χ1v) is 9.25. The lowest BCUT2D eigenvalue weighted by Crippen LogP contribution is -2.10. The number of nitrogens with one attached hydrogen (secondary N) is 1. The van der Waals surface area contributed by atoms with Crippen molar-refractivity contribution in [1.82, 2.24) is 0 Å². The number of carbonyl (C=O) groups is 1. The highest BCUT2D eigenvalue weighted by atomic mass is 35.5. The molecule has 0 bridgehead atoms. The molecule has 0 unspecified atom stereocenters. The zero-order valence-electron chi connectivity index (χ0n) is 12.8. The zero-order chi connectivity index (χ0) is 17.8. The van der Waals surface area contributed by atoms with Crippen LogP contribution in [0.5, 0.6) is 5.75 Å². The van der Waals surface area contributed by atoms with Crippen molar-refractivity contribution in [2.75, 3.05) is 5.32 Å². The van der Waals surface area contributed by atoms with Crippen LogP contribution in [0.25, 0.3) is 0 Å². The Morgan fingerprint density at radius 2 is 1.76 bits per heavy atom. The summed E-state index contributed by atoms with van der Waals surface area (Å²) in [6, 6.07) is 13.9. The van der Waals surface area contributed by atoms with Crippen LogP contribution < -0.4 is 10.1 Å². The Morgan fingerprint density at radius 3 is 2.48 bits per heavy atom. The average Bonchev–Trinajstić information content (AvgIpc) is 3.07. The van der Waals surface area contributed by atoms with Gasteiger partial charge in [-0.3, -0.25) is 4.79 Å². The Bertz CT molecular complexity index is 894. The average molecular weight is 413 g/mol. The molecule has 0 saturated heterocycles. The summed E-state index contributed by atoms with van der Waals surface area (Å²) in [5, 5.41) is 6.17. The highest BCUT2D eigenvalue weighted by molar-refractivity contribution is 7.12. The standard InChI is InChI=1S/C18H12Cl3NO2S/c19-12-1-4-14(5-2-12)24-9-11-7-17(25-10-11)18(23)22-13-3-6-15(20)16(21)8-13/h1-8,10H,9H2,(H,22,23). The Hall–Kier alpha value is -1.72. The van der Waals surface area contributed by atoms with Gasteiger partial charge in [0.05, 0.1) is 14.9 Å². The van der Waals surface area contributed by atoms with E-state index in [0.29, 0.717) is 32.2 Å². The summed E-state index contributed by atoms with van der Waals surface area (Å²) in [4.78, 5) is 12.9. The van der Waals surface area contributed by atoms with Crippen LogP contribution in [0.4, 0.5) is 5.69 Å². The molecule has 1 heterocycles. The second kappa shape index (κ2) is 8.11. The number of anilines is 1. The monoisotopic (exact) mass is 411 g/mol. The number of carbonyl (C=O) groups excluding carboxylic acids is 1. The number of thiophene rings is 1. The fourth-order valence-corrected chi connectivity index (χ4v) is 3.25. The molecule has 0 aliphatic carbocycles. The van der Waals surface area contributed by atoms with Crippen LogP contribution in [0.3, 0.4) is 0 Å². The first-order valence-electron chi connectivity index (χ1n) is 7.23. The maximum absolute atomic E-state index is 12.3. The van der Waals surface area contributed by atoms with Crippen LogP contribution in [-0.2, 0) is 6.61 Å². The maximum atomic E-state index is 12.3. The van der Waals surface area contributed by atoms with Crippen LogP contribution in [-0.4, -0.2) is 5.91 Å². The van der Waals surface area contributed by atoms with Gasteiger partial charge in [-0.25, -0.2) is 0 Å². The minimum atomic E-state index is -0.207. The van der Waals surface area contributed by atoms with E-state index in [0.717, 1.165) is 11.3 Å². The van der Waals surface area contributed by atoms with Crippen molar-refractivity contribution in [3.63, 3.8) is 0 Å². The lowest BCUT2D eigenvalue weighted by atomic mass is 10.3. The molecule has 0 spiro atoms. The van der Waals surface area contributed by atoms with E-state index >= 15 is 0 Å². The van der Waals surface area contributed by atoms with E-state index in [-0.39, 0.29) is 5.91 Å². The van der Waals surface area contributed by atoms with Crippen LogP contribution in [0.1, 0.15) is 15.2 Å². The van der Waals surface area contributed by atoms with Gasteiger partial charge in [0.2, 0.25) is 0 Å². The fourth-order valence-electron chi connectivity index (χ4n) is 2.03. The van der Waals surface area contributed by atoms with Crippen molar-refractivity contribution < 1.29 is 9.53 Å². The lowest BCUT2D eigenvalue weighted by Gasteiger charge is -2.05. The predicted octanol–water partition coefficient (Wildman–Crippen LogP) is 6.54. The van der Waals surface area contributed by atoms with Gasteiger partial charge in [0.15, 0.2) is 0 Å². The molecule has 0 saturated carbocycles. The van der Waals surface area contributed by atoms with E-state index in [9.17, 15) is 4.79 Å². The van der Waals surface area contributed by atoms with Crippen LogP contribution >= 0.6 is 46.1 Å². The van der Waals surface area contributed by atoms with E-state index in [1.54, 1.807) is 48.5 Å². The molecule has 3 nitrogen and oxygen atoms in total. The van der Waals surface area contributed by atoms with Crippen molar-refractivity contribution in [2.45, 2.75) is 6.61 Å². The molecule has 1 N–H and O–H groups in total. The van der Waals surface area contributed by atoms with Crippen molar-refractivity contribution in [2.24, 2.45) is 0 Å². The van der Waals surface area contributed by atoms with E-state index < -0.39 is 0 Å². The van der Waals surface area contributed by atoms with Crippen molar-refractivity contribution in [3.8, 4) is 5.75 Å². The quantitative estimate of drug-likeness (QED) is 0.516. The Balaban J connectivity index is 1.61. The summed E-state index contributed by atoms with van der Waals surface area (Å²) in [5.74, 6) is 0.513. The third kappa shape index (κ3) is 4.89. The molecule has 25 heavy (non-hydrogen) atoms. The van der Waals surface area contributed by atoms with E-state index in [4.69, 9.17) is 39.5 Å². The van der Waals surface area contributed by atoms with Gasteiger partial charge >= 0.3 is 0 Å². The fraction of sp³-hybridized carbons (Fsp3) is 0.0556. The number of benzene rings is 2. The number of rotatable bonds is 5. The predicted molar refractivity (Wildman–Crippen MR) is 105 cm³/mol. The van der Waals surface area contributed by atoms with Crippen molar-refractivity contribution in [3.05, 3.63) is 79.4 Å². The normalized spacial score (nSPS) is 10.5. The maximum Gasteiger partial charge on any atom is 0.265 e. The number of hydrogen-bond donors (Lipinski definition) is 1. The van der Waals surface area contributed by atoms with E-state index in [1.165, 1.54) is 11.3 Å². The molecule has 1 amide bonds. The second-order valence-corrected chi connectivity index (χ2v) is 7.31. The Labute approximate surface area is 164 Å². The molecule has 3 rings (SSSR count). The first kappa shape index (κ1) is 18.1. The van der Waals surface area contributed by atoms with E-state index in [2.05, 4.69) is 5.32 Å². The summed E-state index contributed by atoms with van der Waals surface area (Å²) >= 11 is 19.0. The molecule has 1 aromatic heterocycles. The van der Waals surface area contributed by atoms with Crippen LogP contribution in [0.15, 0.2) is 53.9 Å². The van der Waals surface area contributed by atoms with Crippen LogP contribution in [0, 0.1) is 0 Å². The molecule has 128 valence electrons. The third-order valence-electron chi connectivity index (χ3n) is 3.27. The van der Waals surface area contributed by atoms with Gasteiger partial charge in [0, 0.05) is 16.3 Å². The van der Waals surface area contributed by atoms with Gasteiger partial charge in [-0.1, -0.05) is 34.8 Å². The number of ether oxygens (including phenoxy) is 1. The molecule has 0 radical (unpaired) electrons. The zero-order valence-corrected chi connectivity index (χ0v) is 15.8. The largest absolute Gasteiger partial charge is 0.489 e. The minimum absolute atomic E-state index is 0.207. The summed E-state index contributed by atoms with van der Waals surface area (Å²) in [7, 11) is 0. The lowest BCUT2D eigenvalue weighted by molar-refractivity contribution is 0.103. The number of amides is 1. The summed E-state index contributed by atoms with van der Waals surface area (Å²) in [6.07, 6.45) is 0. The highest BCUT2D eigenvalue weighted by Crippen LogP contribution is 2.26. The highest BCUT2D eigenvalue weighted by Gasteiger charge is 2.11. The van der Waals surface area contributed by atoms with Gasteiger partial charge in [-0.2, -0.15) is 0 Å². The smallest absolute Gasteiger partial charge is 0.265 e. The molecule has 0 aliphatic heterocycles. The molecule has 7 heteroatoms. The van der Waals surface area contributed by atoms with Gasteiger partial charge < -0.3 is 10.1 Å². The van der Waals surface area contributed by atoms with Gasteiger partial charge in [-0.15, -0.1) is 11.3 Å². The molecule has 0 aliphatic rings. The van der Waals surface area contributed by atoms with Crippen molar-refractivity contribution in [1.29, 1.82) is 0 Å². The topological polar surface area (TPSA) is 38.3 Å². The minimum Gasteiger partial charge on any atom is -0.489 e. The van der Waals surface area contributed by atoms with Crippen molar-refractivity contribution >= 4 is 57.7 Å². The molecule has 3 aromatic rings.